The second-order valence-corrected chi connectivity index (χ2v) is 5.38. The lowest BCUT2D eigenvalue weighted by Crippen LogP contribution is -2.25. The Balaban J connectivity index is 2.26. The first kappa shape index (κ1) is 13.6. The molecule has 19 heavy (non-hydrogen) atoms. The van der Waals surface area contributed by atoms with Crippen LogP contribution in [0.3, 0.4) is 0 Å². The number of amides is 1. The number of nitrogens with two attached hydrogens (primary N) is 2. The van der Waals surface area contributed by atoms with Crippen molar-refractivity contribution in [1.82, 2.24) is 4.37 Å². The van der Waals surface area contributed by atoms with Crippen molar-refractivity contribution in [2.75, 3.05) is 30.8 Å². The monoisotopic (exact) mass is 284 g/mol. The molecule has 2 unspecified atom stereocenters. The topological polar surface area (TPSA) is 112 Å². The van der Waals surface area contributed by atoms with E-state index in [1.165, 1.54) is 7.11 Å². The fourth-order valence-electron chi connectivity index (χ4n) is 2.33. The zero-order valence-electron chi connectivity index (χ0n) is 10.8. The summed E-state index contributed by atoms with van der Waals surface area (Å²) in [4.78, 5) is 25.0. The number of ether oxygens (including phenoxy) is 1. The Hall–Kier alpha value is -1.83. The van der Waals surface area contributed by atoms with Crippen molar-refractivity contribution in [3.63, 3.8) is 0 Å². The van der Waals surface area contributed by atoms with Gasteiger partial charge in [0, 0.05) is 13.1 Å². The highest BCUT2D eigenvalue weighted by Gasteiger charge is 2.37. The molecule has 7 nitrogen and oxygen atoms in total. The van der Waals surface area contributed by atoms with E-state index in [2.05, 4.69) is 4.37 Å². The van der Waals surface area contributed by atoms with Crippen LogP contribution in [0.5, 0.6) is 0 Å². The molecule has 1 aliphatic rings. The van der Waals surface area contributed by atoms with Crippen LogP contribution in [0, 0.1) is 11.8 Å². The predicted octanol–water partition coefficient (Wildman–Crippen LogP) is 0.0695. The van der Waals surface area contributed by atoms with Gasteiger partial charge in [0.15, 0.2) is 5.82 Å². The fourth-order valence-corrected chi connectivity index (χ4v) is 3.17. The molecule has 2 rings (SSSR count). The van der Waals surface area contributed by atoms with Crippen molar-refractivity contribution in [3.05, 3.63) is 5.56 Å². The summed E-state index contributed by atoms with van der Waals surface area (Å²) in [5.74, 6) is -0.782. The summed E-state index contributed by atoms with van der Waals surface area (Å²) in [6.45, 7) is 3.09. The maximum Gasteiger partial charge on any atom is 0.310 e. The third kappa shape index (κ3) is 2.35. The van der Waals surface area contributed by atoms with E-state index in [-0.39, 0.29) is 29.2 Å². The summed E-state index contributed by atoms with van der Waals surface area (Å²) in [6.07, 6.45) is 0. The van der Waals surface area contributed by atoms with Crippen LogP contribution in [0.2, 0.25) is 0 Å². The van der Waals surface area contributed by atoms with E-state index in [1.54, 1.807) is 0 Å². The van der Waals surface area contributed by atoms with Gasteiger partial charge in [-0.1, -0.05) is 6.92 Å². The molecule has 1 aromatic heterocycles. The number of methoxy groups -OCH3 is 1. The maximum absolute atomic E-state index is 11.6. The number of nitrogens with zero attached hydrogens (tertiary/aromatic N) is 2. The van der Waals surface area contributed by atoms with Gasteiger partial charge in [-0.25, -0.2) is 0 Å². The molecule has 0 aromatic carbocycles. The Labute approximate surface area is 114 Å². The van der Waals surface area contributed by atoms with Crippen molar-refractivity contribution < 1.29 is 14.3 Å². The average molecular weight is 284 g/mol. The molecular weight excluding hydrogens is 268 g/mol. The van der Waals surface area contributed by atoms with Crippen LogP contribution in [0.25, 0.3) is 0 Å². The van der Waals surface area contributed by atoms with E-state index in [9.17, 15) is 9.59 Å². The maximum atomic E-state index is 11.6. The van der Waals surface area contributed by atoms with Gasteiger partial charge in [-0.3, -0.25) is 9.59 Å². The molecule has 104 valence electrons. The van der Waals surface area contributed by atoms with Gasteiger partial charge in [-0.2, -0.15) is 4.37 Å². The molecule has 2 heterocycles. The molecular formula is C11H16N4O3S. The first-order valence-corrected chi connectivity index (χ1v) is 6.60. The number of carbonyl (C=O) groups is 2. The van der Waals surface area contributed by atoms with Gasteiger partial charge in [0.2, 0.25) is 0 Å². The number of nitrogen functional groups attached to an aromatic ring is 1. The van der Waals surface area contributed by atoms with Gasteiger partial charge >= 0.3 is 5.97 Å². The molecule has 2 atom stereocenters. The molecule has 1 aliphatic heterocycles. The molecule has 0 saturated carbocycles. The number of anilines is 2. The lowest BCUT2D eigenvalue weighted by Gasteiger charge is -2.16. The quantitative estimate of drug-likeness (QED) is 0.760. The van der Waals surface area contributed by atoms with Crippen LogP contribution in [0.15, 0.2) is 0 Å². The molecule has 1 amide bonds. The number of carbonyl (C=O) groups excluding carboxylic acids is 2. The van der Waals surface area contributed by atoms with Crippen LogP contribution in [0.1, 0.15) is 17.3 Å². The highest BCUT2D eigenvalue weighted by molar-refractivity contribution is 7.11. The van der Waals surface area contributed by atoms with Crippen LogP contribution in [0.4, 0.5) is 10.8 Å². The minimum atomic E-state index is -0.601. The second kappa shape index (κ2) is 5.04. The summed E-state index contributed by atoms with van der Waals surface area (Å²) in [5, 5.41) is 0.628. The molecule has 0 spiro atoms. The van der Waals surface area contributed by atoms with Gasteiger partial charge < -0.3 is 21.1 Å². The van der Waals surface area contributed by atoms with E-state index in [1.807, 2.05) is 11.8 Å². The first-order chi connectivity index (χ1) is 8.95. The van der Waals surface area contributed by atoms with Crippen LogP contribution < -0.4 is 16.4 Å². The third-order valence-electron chi connectivity index (χ3n) is 3.35. The van der Waals surface area contributed by atoms with Crippen molar-refractivity contribution in [2.45, 2.75) is 6.92 Å². The lowest BCUT2D eigenvalue weighted by atomic mass is 9.99. The molecule has 4 N–H and O–H groups in total. The Morgan fingerprint density at radius 3 is 2.74 bits per heavy atom. The summed E-state index contributed by atoms with van der Waals surface area (Å²) in [7, 11) is 1.37. The van der Waals surface area contributed by atoms with Crippen molar-refractivity contribution in [3.8, 4) is 0 Å². The largest absolute Gasteiger partial charge is 0.469 e. The molecule has 8 heteroatoms. The number of esters is 1. The molecule has 0 radical (unpaired) electrons. The highest BCUT2D eigenvalue weighted by atomic mass is 32.1. The minimum Gasteiger partial charge on any atom is -0.469 e. The van der Waals surface area contributed by atoms with E-state index in [0.29, 0.717) is 18.1 Å². The Morgan fingerprint density at radius 1 is 1.47 bits per heavy atom. The van der Waals surface area contributed by atoms with Gasteiger partial charge in [-0.15, -0.1) is 0 Å². The Bertz CT molecular complexity index is 516. The zero-order chi connectivity index (χ0) is 14.2. The summed E-state index contributed by atoms with van der Waals surface area (Å²) < 4.78 is 8.74. The first-order valence-electron chi connectivity index (χ1n) is 5.83. The molecule has 1 aromatic rings. The van der Waals surface area contributed by atoms with Crippen molar-refractivity contribution in [2.24, 2.45) is 17.6 Å². The van der Waals surface area contributed by atoms with E-state index >= 15 is 0 Å². The number of rotatable bonds is 3. The number of aromatic nitrogens is 1. The Morgan fingerprint density at radius 2 is 2.16 bits per heavy atom. The van der Waals surface area contributed by atoms with Crippen LogP contribution >= 0.6 is 11.5 Å². The average Bonchev–Trinajstić information content (AvgIpc) is 2.91. The molecule has 1 saturated heterocycles. The number of primary amides is 1. The second-order valence-electron chi connectivity index (χ2n) is 4.62. The number of hydrogen-bond acceptors (Lipinski definition) is 7. The smallest absolute Gasteiger partial charge is 0.310 e. The van der Waals surface area contributed by atoms with E-state index in [4.69, 9.17) is 16.2 Å². The summed E-state index contributed by atoms with van der Waals surface area (Å²) in [6, 6.07) is 0. The highest BCUT2D eigenvalue weighted by Crippen LogP contribution is 2.36. The van der Waals surface area contributed by atoms with Gasteiger partial charge in [0.05, 0.1) is 13.0 Å². The SMILES string of the molecule is COC(=O)C1CN(c2snc(N)c2C(N)=O)CC1C. The number of hydrogen-bond donors (Lipinski definition) is 2. The van der Waals surface area contributed by atoms with Crippen molar-refractivity contribution in [1.29, 1.82) is 0 Å². The zero-order valence-corrected chi connectivity index (χ0v) is 11.6. The van der Waals surface area contributed by atoms with Gasteiger partial charge in [0.25, 0.3) is 5.91 Å². The summed E-state index contributed by atoms with van der Waals surface area (Å²) in [5.41, 5.74) is 11.2. The van der Waals surface area contributed by atoms with Crippen LogP contribution in [-0.2, 0) is 9.53 Å². The normalized spacial score (nSPS) is 22.5. The standard InChI is InChI=1S/C11H16N4O3S/c1-5-3-15(4-6(5)11(17)18-2)10-7(9(13)16)8(12)14-19-10/h5-6H,3-4H2,1-2H3,(H2,12,14)(H2,13,16). The fraction of sp³-hybridized carbons (Fsp3) is 0.545. The van der Waals surface area contributed by atoms with E-state index < -0.39 is 5.91 Å². The third-order valence-corrected chi connectivity index (χ3v) is 4.27. The van der Waals surface area contributed by atoms with Crippen LogP contribution in [-0.4, -0.2) is 36.4 Å². The van der Waals surface area contributed by atoms with E-state index in [0.717, 1.165) is 11.5 Å². The predicted molar refractivity (Wildman–Crippen MR) is 71.9 cm³/mol. The van der Waals surface area contributed by atoms with Gasteiger partial charge in [-0.05, 0) is 17.5 Å². The summed E-state index contributed by atoms with van der Waals surface area (Å²) >= 11 is 1.12. The molecule has 0 bridgehead atoms. The molecule has 0 aliphatic carbocycles. The Kier molecular flexibility index (Phi) is 3.61. The molecule has 1 fully saturated rings. The minimum absolute atomic E-state index is 0.136. The van der Waals surface area contributed by atoms with Gasteiger partial charge in [0.1, 0.15) is 10.6 Å². The lowest BCUT2D eigenvalue weighted by molar-refractivity contribution is -0.145. The van der Waals surface area contributed by atoms with Crippen molar-refractivity contribution >= 4 is 34.2 Å².